The van der Waals surface area contributed by atoms with Crippen molar-refractivity contribution in [3.63, 3.8) is 0 Å². The van der Waals surface area contributed by atoms with Gasteiger partial charge in [-0.3, -0.25) is 14.4 Å². The minimum atomic E-state index is -0.672. The van der Waals surface area contributed by atoms with Gasteiger partial charge in [0.25, 0.3) is 0 Å². The second-order valence-electron chi connectivity index (χ2n) is 7.70. The fourth-order valence-corrected chi connectivity index (χ4v) is 3.42. The number of hydrogen-bond donors (Lipinski definition) is 0. The van der Waals surface area contributed by atoms with Crippen LogP contribution in [0.3, 0.4) is 0 Å². The number of Topliss-reactive ketones (excluding diaryl/α,β-unsaturated/α-hetero) is 1. The topological polar surface area (TPSA) is 99.2 Å². The minimum absolute atomic E-state index is 0.00695. The molecule has 8 nitrogen and oxygen atoms in total. The van der Waals surface area contributed by atoms with Crippen LogP contribution < -0.4 is 9.64 Å². The van der Waals surface area contributed by atoms with Gasteiger partial charge in [-0.2, -0.15) is 0 Å². The number of anilines is 1. The van der Waals surface area contributed by atoms with Crippen molar-refractivity contribution in [2.24, 2.45) is 5.92 Å². The minimum Gasteiger partial charge on any atom is -0.497 e. The second-order valence-corrected chi connectivity index (χ2v) is 7.70. The summed E-state index contributed by atoms with van der Waals surface area (Å²) in [5.74, 6) is -1.74. The number of methoxy groups -OCH3 is 1. The van der Waals surface area contributed by atoms with Crippen molar-refractivity contribution in [3.8, 4) is 5.75 Å². The molecule has 1 fully saturated rings. The van der Waals surface area contributed by atoms with E-state index < -0.39 is 24.5 Å². The molecule has 3 rings (SSSR count). The number of carbonyl (C=O) groups is 4. The van der Waals surface area contributed by atoms with E-state index in [2.05, 4.69) is 0 Å². The highest BCUT2D eigenvalue weighted by molar-refractivity contribution is 6.01. The smallest absolute Gasteiger partial charge is 0.338 e. The van der Waals surface area contributed by atoms with E-state index in [4.69, 9.17) is 14.2 Å². The highest BCUT2D eigenvalue weighted by Crippen LogP contribution is 2.26. The molecule has 1 aliphatic heterocycles. The summed E-state index contributed by atoms with van der Waals surface area (Å²) in [5.41, 5.74) is 1.35. The first-order valence-electron chi connectivity index (χ1n) is 10.8. The third kappa shape index (κ3) is 6.19. The van der Waals surface area contributed by atoms with Crippen LogP contribution in [0.15, 0.2) is 48.5 Å². The van der Waals surface area contributed by atoms with Crippen LogP contribution in [0.4, 0.5) is 5.69 Å². The third-order valence-electron chi connectivity index (χ3n) is 5.34. The average molecular weight is 453 g/mol. The number of hydrogen-bond acceptors (Lipinski definition) is 7. The molecule has 2 aromatic rings. The molecule has 2 aromatic carbocycles. The number of benzene rings is 2. The number of unbranched alkanes of at least 4 members (excludes halogenated alkanes) is 1. The van der Waals surface area contributed by atoms with Crippen LogP contribution in [0.1, 0.15) is 46.9 Å². The van der Waals surface area contributed by atoms with Gasteiger partial charge >= 0.3 is 11.9 Å². The molecule has 1 saturated heterocycles. The van der Waals surface area contributed by atoms with Crippen LogP contribution in [0.2, 0.25) is 0 Å². The molecule has 0 bridgehead atoms. The van der Waals surface area contributed by atoms with E-state index in [0.29, 0.717) is 29.2 Å². The molecule has 0 N–H and O–H groups in total. The van der Waals surface area contributed by atoms with Gasteiger partial charge in [0.2, 0.25) is 5.91 Å². The summed E-state index contributed by atoms with van der Waals surface area (Å²) in [7, 11) is 1.50. The van der Waals surface area contributed by atoms with Gasteiger partial charge in [0, 0.05) is 24.2 Å². The zero-order valence-corrected chi connectivity index (χ0v) is 18.7. The Labute approximate surface area is 192 Å². The van der Waals surface area contributed by atoms with Crippen molar-refractivity contribution in [1.29, 1.82) is 0 Å². The summed E-state index contributed by atoms with van der Waals surface area (Å²) >= 11 is 0. The molecule has 0 spiro atoms. The van der Waals surface area contributed by atoms with E-state index >= 15 is 0 Å². The van der Waals surface area contributed by atoms with Crippen LogP contribution in [-0.4, -0.2) is 50.5 Å². The SMILES string of the molecule is CCCCOC(=O)c1ccc(N2C[C@@H](C(=O)OCC(=O)c3cccc(OC)c3)CC2=O)cc1. The first-order chi connectivity index (χ1) is 15.9. The Morgan fingerprint density at radius 3 is 2.48 bits per heavy atom. The van der Waals surface area contributed by atoms with Crippen molar-refractivity contribution in [3.05, 3.63) is 59.7 Å². The Morgan fingerprint density at radius 1 is 1.03 bits per heavy atom. The average Bonchev–Trinajstić information content (AvgIpc) is 3.24. The molecule has 1 heterocycles. The summed E-state index contributed by atoms with van der Waals surface area (Å²) < 4.78 is 15.4. The van der Waals surface area contributed by atoms with Gasteiger partial charge in [0.1, 0.15) is 5.75 Å². The van der Waals surface area contributed by atoms with Crippen LogP contribution in [0.25, 0.3) is 0 Å². The van der Waals surface area contributed by atoms with Gasteiger partial charge in [-0.25, -0.2) is 4.79 Å². The highest BCUT2D eigenvalue weighted by atomic mass is 16.5. The molecule has 0 radical (unpaired) electrons. The van der Waals surface area contributed by atoms with E-state index in [1.807, 2.05) is 6.92 Å². The molecule has 8 heteroatoms. The summed E-state index contributed by atoms with van der Waals surface area (Å²) in [5, 5.41) is 0. The molecule has 0 aliphatic carbocycles. The van der Waals surface area contributed by atoms with Crippen LogP contribution in [-0.2, 0) is 19.1 Å². The molecular formula is C25H27NO7. The van der Waals surface area contributed by atoms with E-state index in [1.165, 1.54) is 12.0 Å². The molecule has 0 saturated carbocycles. The number of amides is 1. The standard InChI is InChI=1S/C25H27NO7/c1-3-4-12-32-24(29)17-8-10-20(11-9-17)26-15-19(14-23(26)28)25(30)33-16-22(27)18-6-5-7-21(13-18)31-2/h5-11,13,19H,3-4,12,14-16H2,1-2H3/t19-/m0/s1. The lowest BCUT2D eigenvalue weighted by atomic mass is 10.1. The maximum atomic E-state index is 12.5. The normalized spacial score (nSPS) is 15.3. The summed E-state index contributed by atoms with van der Waals surface area (Å²) in [6.07, 6.45) is 1.73. The lowest BCUT2D eigenvalue weighted by molar-refractivity contribution is -0.147. The van der Waals surface area contributed by atoms with Crippen LogP contribution in [0.5, 0.6) is 5.75 Å². The van der Waals surface area contributed by atoms with Crippen LogP contribution >= 0.6 is 0 Å². The Hall–Kier alpha value is -3.68. The van der Waals surface area contributed by atoms with E-state index in [9.17, 15) is 19.2 Å². The quantitative estimate of drug-likeness (QED) is 0.309. The lowest BCUT2D eigenvalue weighted by Crippen LogP contribution is -2.27. The molecule has 33 heavy (non-hydrogen) atoms. The zero-order chi connectivity index (χ0) is 23.8. The zero-order valence-electron chi connectivity index (χ0n) is 18.7. The molecule has 174 valence electrons. The number of nitrogens with zero attached hydrogens (tertiary/aromatic N) is 1. The fourth-order valence-electron chi connectivity index (χ4n) is 3.42. The molecule has 1 amide bonds. The van der Waals surface area contributed by atoms with Gasteiger partial charge in [-0.05, 0) is 42.8 Å². The first kappa shape index (κ1) is 24.0. The molecule has 0 unspecified atom stereocenters. The Morgan fingerprint density at radius 2 is 1.79 bits per heavy atom. The molecular weight excluding hydrogens is 426 g/mol. The lowest BCUT2D eigenvalue weighted by Gasteiger charge is -2.17. The highest BCUT2D eigenvalue weighted by Gasteiger charge is 2.36. The number of ether oxygens (including phenoxy) is 3. The van der Waals surface area contributed by atoms with E-state index in [-0.39, 0.29) is 24.7 Å². The second kappa shape index (κ2) is 11.3. The summed E-state index contributed by atoms with van der Waals surface area (Å²) in [6.45, 7) is 2.11. The number of esters is 2. The van der Waals surface area contributed by atoms with Gasteiger partial charge in [0.15, 0.2) is 12.4 Å². The van der Waals surface area contributed by atoms with Crippen molar-refractivity contribution < 1.29 is 33.4 Å². The fraction of sp³-hybridized carbons (Fsp3) is 0.360. The monoisotopic (exact) mass is 453 g/mol. The number of ketones is 1. The maximum absolute atomic E-state index is 12.5. The first-order valence-corrected chi connectivity index (χ1v) is 10.8. The van der Waals surface area contributed by atoms with Crippen molar-refractivity contribution in [2.75, 3.05) is 31.8 Å². The van der Waals surface area contributed by atoms with Gasteiger partial charge in [0.05, 0.1) is 25.2 Å². The Kier molecular flexibility index (Phi) is 8.18. The van der Waals surface area contributed by atoms with Gasteiger partial charge in [-0.1, -0.05) is 25.5 Å². The predicted molar refractivity (Wildman–Crippen MR) is 120 cm³/mol. The summed E-state index contributed by atoms with van der Waals surface area (Å²) in [6, 6.07) is 13.1. The molecule has 1 aliphatic rings. The number of carbonyl (C=O) groups excluding carboxylic acids is 4. The summed E-state index contributed by atoms with van der Waals surface area (Å²) in [4.78, 5) is 50.7. The molecule has 1 atom stereocenters. The molecule has 0 aromatic heterocycles. The van der Waals surface area contributed by atoms with E-state index in [0.717, 1.165) is 12.8 Å². The largest absolute Gasteiger partial charge is 0.497 e. The maximum Gasteiger partial charge on any atom is 0.338 e. The van der Waals surface area contributed by atoms with Gasteiger partial charge < -0.3 is 19.1 Å². The van der Waals surface area contributed by atoms with Crippen molar-refractivity contribution in [1.82, 2.24) is 0 Å². The predicted octanol–water partition coefficient (Wildman–Crippen LogP) is 3.43. The Balaban J connectivity index is 1.54. The van der Waals surface area contributed by atoms with Crippen molar-refractivity contribution in [2.45, 2.75) is 26.2 Å². The van der Waals surface area contributed by atoms with Gasteiger partial charge in [-0.15, -0.1) is 0 Å². The van der Waals surface area contributed by atoms with Crippen molar-refractivity contribution >= 4 is 29.3 Å². The number of rotatable bonds is 10. The van der Waals surface area contributed by atoms with Crippen LogP contribution in [0, 0.1) is 5.92 Å². The van der Waals surface area contributed by atoms with E-state index in [1.54, 1.807) is 48.5 Å². The third-order valence-corrected chi connectivity index (χ3v) is 5.34. The Bertz CT molecular complexity index is 1020.